The van der Waals surface area contributed by atoms with Crippen molar-refractivity contribution in [3.8, 4) is 17.1 Å². The van der Waals surface area contributed by atoms with Gasteiger partial charge in [0.2, 0.25) is 5.91 Å². The number of rotatable bonds is 6. The van der Waals surface area contributed by atoms with E-state index in [2.05, 4.69) is 31.5 Å². The predicted octanol–water partition coefficient (Wildman–Crippen LogP) is 6.25. The van der Waals surface area contributed by atoms with Crippen LogP contribution in [-0.4, -0.2) is 23.1 Å². The Labute approximate surface area is 222 Å². The van der Waals surface area contributed by atoms with Gasteiger partial charge in [-0.05, 0) is 66.8 Å². The Kier molecular flexibility index (Phi) is 6.75. The molecule has 4 aromatic rings. The Morgan fingerprint density at radius 3 is 2.64 bits per heavy atom. The lowest BCUT2D eigenvalue weighted by atomic mass is 10.0. The lowest BCUT2D eigenvalue weighted by Crippen LogP contribution is -2.29. The molecule has 182 valence electrons. The SMILES string of the molecule is COc1ccc(N2C(=S)N[C@H](c3ccccn3)[C@H]2c2ccc(-c3ccc(Br)cc3)o2)cc1NC(C)=O. The van der Waals surface area contributed by atoms with Crippen LogP contribution >= 0.6 is 28.1 Å². The Balaban J connectivity index is 1.60. The molecule has 0 bridgehead atoms. The fourth-order valence-corrected chi connectivity index (χ4v) is 4.95. The van der Waals surface area contributed by atoms with Gasteiger partial charge in [-0.1, -0.05) is 34.1 Å². The fraction of sp³-hybridized carbons (Fsp3) is 0.148. The molecule has 2 atom stereocenters. The molecule has 2 aromatic heterocycles. The highest BCUT2D eigenvalue weighted by Crippen LogP contribution is 2.44. The van der Waals surface area contributed by atoms with Gasteiger partial charge in [0, 0.05) is 28.8 Å². The lowest BCUT2D eigenvalue weighted by molar-refractivity contribution is -0.114. The van der Waals surface area contributed by atoms with Crippen molar-refractivity contribution < 1.29 is 13.9 Å². The number of methoxy groups -OCH3 is 1. The molecule has 0 spiro atoms. The van der Waals surface area contributed by atoms with Crippen LogP contribution in [0.3, 0.4) is 0 Å². The number of ether oxygens (including phenoxy) is 1. The van der Waals surface area contributed by atoms with Gasteiger partial charge < -0.3 is 24.7 Å². The minimum atomic E-state index is -0.324. The highest BCUT2D eigenvalue weighted by molar-refractivity contribution is 9.10. The fourth-order valence-electron chi connectivity index (χ4n) is 4.34. The van der Waals surface area contributed by atoms with Gasteiger partial charge in [0.1, 0.15) is 23.3 Å². The van der Waals surface area contributed by atoms with Crippen LogP contribution in [-0.2, 0) is 4.79 Å². The Morgan fingerprint density at radius 1 is 1.14 bits per heavy atom. The number of anilines is 2. The minimum absolute atomic E-state index is 0.194. The van der Waals surface area contributed by atoms with Crippen molar-refractivity contribution >= 4 is 50.5 Å². The smallest absolute Gasteiger partial charge is 0.221 e. The predicted molar refractivity (Wildman–Crippen MR) is 147 cm³/mol. The molecular weight excluding hydrogens is 540 g/mol. The van der Waals surface area contributed by atoms with E-state index in [0.717, 1.165) is 32.9 Å². The molecule has 0 saturated carbocycles. The van der Waals surface area contributed by atoms with Gasteiger partial charge in [-0.3, -0.25) is 9.78 Å². The number of thiocarbonyl (C=S) groups is 1. The first-order chi connectivity index (χ1) is 17.4. The maximum Gasteiger partial charge on any atom is 0.221 e. The van der Waals surface area contributed by atoms with Crippen LogP contribution in [0, 0.1) is 0 Å². The molecule has 2 N–H and O–H groups in total. The van der Waals surface area contributed by atoms with E-state index in [1.165, 1.54) is 6.92 Å². The number of carbonyl (C=O) groups is 1. The summed E-state index contributed by atoms with van der Waals surface area (Å²) in [5.41, 5.74) is 3.14. The van der Waals surface area contributed by atoms with E-state index in [0.29, 0.717) is 16.5 Å². The van der Waals surface area contributed by atoms with Crippen LogP contribution in [0.1, 0.15) is 30.5 Å². The first-order valence-electron chi connectivity index (χ1n) is 11.3. The molecule has 1 aliphatic rings. The average Bonchev–Trinajstić information content (AvgIpc) is 3.49. The standard InChI is InChI=1S/C27H23BrN4O3S/c1-16(33)30-21-15-19(10-11-23(21)34-2)32-26(25(31-27(32)36)20-5-3-4-14-29-20)24-13-12-22(35-24)17-6-8-18(28)9-7-17/h3-15,25-26H,1-2H3,(H,30,33)(H,31,36)/t25-,26-/m1/s1. The quantitative estimate of drug-likeness (QED) is 0.269. The number of hydrogen-bond donors (Lipinski definition) is 2. The number of carbonyl (C=O) groups excluding carboxylic acids is 1. The van der Waals surface area contributed by atoms with Crippen LogP contribution < -0.4 is 20.3 Å². The molecule has 3 heterocycles. The normalized spacial score (nSPS) is 17.1. The van der Waals surface area contributed by atoms with E-state index in [-0.39, 0.29) is 18.0 Å². The van der Waals surface area contributed by atoms with E-state index in [1.807, 2.05) is 77.7 Å². The molecule has 1 saturated heterocycles. The number of nitrogens with one attached hydrogen (secondary N) is 2. The second-order valence-electron chi connectivity index (χ2n) is 8.27. The molecule has 9 heteroatoms. The van der Waals surface area contributed by atoms with E-state index < -0.39 is 0 Å². The summed E-state index contributed by atoms with van der Waals surface area (Å²) >= 11 is 9.29. The third-order valence-electron chi connectivity index (χ3n) is 5.92. The minimum Gasteiger partial charge on any atom is -0.495 e. The maximum absolute atomic E-state index is 11.8. The molecule has 0 unspecified atom stereocenters. The number of hydrogen-bond acceptors (Lipinski definition) is 5. The van der Waals surface area contributed by atoms with Gasteiger partial charge in [-0.15, -0.1) is 0 Å². The van der Waals surface area contributed by atoms with Gasteiger partial charge in [0.25, 0.3) is 0 Å². The largest absolute Gasteiger partial charge is 0.495 e. The number of pyridine rings is 1. The lowest BCUT2D eigenvalue weighted by Gasteiger charge is -2.27. The van der Waals surface area contributed by atoms with Crippen molar-refractivity contribution in [1.82, 2.24) is 10.3 Å². The molecule has 1 fully saturated rings. The highest BCUT2D eigenvalue weighted by atomic mass is 79.9. The summed E-state index contributed by atoms with van der Waals surface area (Å²) in [7, 11) is 1.56. The van der Waals surface area contributed by atoms with Gasteiger partial charge in [-0.25, -0.2) is 0 Å². The summed E-state index contributed by atoms with van der Waals surface area (Å²) in [6.07, 6.45) is 1.76. The zero-order chi connectivity index (χ0) is 25.2. The second-order valence-corrected chi connectivity index (χ2v) is 9.57. The summed E-state index contributed by atoms with van der Waals surface area (Å²) in [5.74, 6) is 1.84. The number of benzene rings is 2. The molecular formula is C27H23BrN4O3S. The van der Waals surface area contributed by atoms with Gasteiger partial charge in [0.05, 0.1) is 24.5 Å². The Bertz CT molecular complexity index is 1410. The average molecular weight is 563 g/mol. The van der Waals surface area contributed by atoms with Gasteiger partial charge in [-0.2, -0.15) is 0 Å². The zero-order valence-electron chi connectivity index (χ0n) is 19.6. The van der Waals surface area contributed by atoms with E-state index in [9.17, 15) is 4.79 Å². The van der Waals surface area contributed by atoms with Crippen LogP contribution in [0.4, 0.5) is 11.4 Å². The van der Waals surface area contributed by atoms with Gasteiger partial charge in [0.15, 0.2) is 5.11 Å². The first kappa shape index (κ1) is 24.0. The van der Waals surface area contributed by atoms with E-state index in [4.69, 9.17) is 21.4 Å². The van der Waals surface area contributed by atoms with Crippen LogP contribution in [0.15, 0.2) is 87.9 Å². The Hall–Kier alpha value is -3.69. The van der Waals surface area contributed by atoms with Crippen molar-refractivity contribution in [2.45, 2.75) is 19.0 Å². The van der Waals surface area contributed by atoms with Gasteiger partial charge >= 0.3 is 0 Å². The number of furan rings is 1. The zero-order valence-corrected chi connectivity index (χ0v) is 22.0. The monoisotopic (exact) mass is 562 g/mol. The van der Waals surface area contributed by atoms with Crippen LogP contribution in [0.5, 0.6) is 5.75 Å². The summed E-state index contributed by atoms with van der Waals surface area (Å²) < 4.78 is 12.8. The molecule has 2 aromatic carbocycles. The molecule has 7 nitrogen and oxygen atoms in total. The summed E-state index contributed by atoms with van der Waals surface area (Å²) in [6.45, 7) is 1.46. The van der Waals surface area contributed by atoms with Crippen LogP contribution in [0.25, 0.3) is 11.3 Å². The number of amides is 1. The maximum atomic E-state index is 11.8. The van der Waals surface area contributed by atoms with Crippen molar-refractivity contribution in [2.24, 2.45) is 0 Å². The first-order valence-corrected chi connectivity index (χ1v) is 12.5. The van der Waals surface area contributed by atoms with Crippen molar-refractivity contribution in [3.63, 3.8) is 0 Å². The molecule has 1 aliphatic heterocycles. The highest BCUT2D eigenvalue weighted by Gasteiger charge is 2.42. The molecule has 5 rings (SSSR count). The number of aromatic nitrogens is 1. The second kappa shape index (κ2) is 10.1. The summed E-state index contributed by atoms with van der Waals surface area (Å²) in [4.78, 5) is 18.4. The van der Waals surface area contributed by atoms with Crippen molar-refractivity contribution in [3.05, 3.63) is 94.9 Å². The van der Waals surface area contributed by atoms with E-state index >= 15 is 0 Å². The molecule has 0 radical (unpaired) electrons. The van der Waals surface area contributed by atoms with Crippen LogP contribution in [0.2, 0.25) is 0 Å². The van der Waals surface area contributed by atoms with E-state index in [1.54, 1.807) is 13.3 Å². The van der Waals surface area contributed by atoms with Crippen molar-refractivity contribution in [2.75, 3.05) is 17.3 Å². The summed E-state index contributed by atoms with van der Waals surface area (Å²) in [6, 6.07) is 22.7. The van der Waals surface area contributed by atoms with Crippen molar-refractivity contribution in [1.29, 1.82) is 0 Å². The molecule has 0 aliphatic carbocycles. The molecule has 36 heavy (non-hydrogen) atoms. The third-order valence-corrected chi connectivity index (χ3v) is 6.76. The third kappa shape index (κ3) is 4.72. The number of nitrogens with zero attached hydrogens (tertiary/aromatic N) is 2. The molecule has 1 amide bonds. The summed E-state index contributed by atoms with van der Waals surface area (Å²) in [5, 5.41) is 6.78. The Morgan fingerprint density at radius 2 is 1.94 bits per heavy atom. The number of halogens is 1. The topological polar surface area (TPSA) is 79.6 Å².